The minimum atomic E-state index is -0.132. The maximum absolute atomic E-state index is 9.63. The predicted octanol–water partition coefficient (Wildman–Crippen LogP) is 1.96. The van der Waals surface area contributed by atoms with Crippen molar-refractivity contribution in [3.05, 3.63) is 30.1 Å². The van der Waals surface area contributed by atoms with Gasteiger partial charge in [0.1, 0.15) is 5.82 Å². The smallest absolute Gasteiger partial charge is 0.121 e. The first-order valence-corrected chi connectivity index (χ1v) is 6.66. The van der Waals surface area contributed by atoms with E-state index in [9.17, 15) is 5.11 Å². The molecule has 96 valence electrons. The summed E-state index contributed by atoms with van der Waals surface area (Å²) in [5.41, 5.74) is 2.09. The summed E-state index contributed by atoms with van der Waals surface area (Å²) in [6.45, 7) is 0.742. The summed E-state index contributed by atoms with van der Waals surface area (Å²) in [6.07, 6.45) is 3.94. The van der Waals surface area contributed by atoms with Crippen molar-refractivity contribution < 1.29 is 5.11 Å². The van der Waals surface area contributed by atoms with Gasteiger partial charge < -0.3 is 15.4 Å². The topological polar surface area (TPSA) is 60.9 Å². The second kappa shape index (κ2) is 5.08. The highest BCUT2D eigenvalue weighted by molar-refractivity contribution is 5.74. The molecule has 0 radical (unpaired) electrons. The monoisotopic (exact) mass is 245 g/mol. The summed E-state index contributed by atoms with van der Waals surface area (Å²) in [7, 11) is 0. The van der Waals surface area contributed by atoms with Gasteiger partial charge in [-0.3, -0.25) is 0 Å². The zero-order valence-corrected chi connectivity index (χ0v) is 10.4. The molecule has 3 N–H and O–H groups in total. The molecule has 0 spiro atoms. The Labute approximate surface area is 106 Å². The third kappa shape index (κ3) is 2.54. The second-order valence-electron chi connectivity index (χ2n) is 5.10. The lowest BCUT2D eigenvalue weighted by Crippen LogP contribution is -2.35. The van der Waals surface area contributed by atoms with Crippen LogP contribution in [-0.2, 0) is 6.54 Å². The van der Waals surface area contributed by atoms with E-state index >= 15 is 0 Å². The molecule has 18 heavy (non-hydrogen) atoms. The van der Waals surface area contributed by atoms with Crippen LogP contribution >= 0.6 is 0 Å². The minimum absolute atomic E-state index is 0.132. The first-order valence-electron chi connectivity index (χ1n) is 6.66. The second-order valence-corrected chi connectivity index (χ2v) is 5.10. The number of fused-ring (bicyclic) bond motifs is 1. The molecule has 1 fully saturated rings. The molecule has 0 saturated heterocycles. The van der Waals surface area contributed by atoms with Crippen LogP contribution < -0.4 is 5.32 Å². The van der Waals surface area contributed by atoms with Crippen molar-refractivity contribution in [2.75, 3.05) is 0 Å². The van der Waals surface area contributed by atoms with Gasteiger partial charge in [-0.1, -0.05) is 12.1 Å². The van der Waals surface area contributed by atoms with Crippen molar-refractivity contribution in [1.82, 2.24) is 15.3 Å². The summed E-state index contributed by atoms with van der Waals surface area (Å²) >= 11 is 0. The Balaban J connectivity index is 1.62. The van der Waals surface area contributed by atoms with Gasteiger partial charge in [-0.25, -0.2) is 4.98 Å². The number of aromatic nitrogens is 2. The number of aromatic amines is 1. The van der Waals surface area contributed by atoms with E-state index in [-0.39, 0.29) is 6.10 Å². The van der Waals surface area contributed by atoms with Crippen LogP contribution in [0.2, 0.25) is 0 Å². The number of nitrogens with zero attached hydrogens (tertiary/aromatic N) is 1. The molecule has 1 heterocycles. The largest absolute Gasteiger partial charge is 0.393 e. The number of H-pyrrole nitrogens is 1. The summed E-state index contributed by atoms with van der Waals surface area (Å²) in [5, 5.41) is 13.1. The van der Waals surface area contributed by atoms with E-state index in [1.807, 2.05) is 24.3 Å². The molecule has 0 amide bonds. The molecule has 4 nitrogen and oxygen atoms in total. The fourth-order valence-corrected chi connectivity index (χ4v) is 2.68. The summed E-state index contributed by atoms with van der Waals surface area (Å²) in [6, 6.07) is 8.48. The number of hydrogen-bond donors (Lipinski definition) is 3. The molecule has 2 atom stereocenters. The number of benzene rings is 1. The first-order chi connectivity index (χ1) is 8.81. The van der Waals surface area contributed by atoms with Gasteiger partial charge >= 0.3 is 0 Å². The van der Waals surface area contributed by atoms with Gasteiger partial charge in [0.2, 0.25) is 0 Å². The molecular formula is C14H19N3O. The number of aliphatic hydroxyl groups is 1. The third-order valence-corrected chi connectivity index (χ3v) is 3.64. The van der Waals surface area contributed by atoms with Crippen LogP contribution in [0.5, 0.6) is 0 Å². The van der Waals surface area contributed by atoms with Crippen LogP contribution in [0.25, 0.3) is 11.0 Å². The maximum atomic E-state index is 9.63. The molecule has 1 aromatic carbocycles. The molecule has 1 saturated carbocycles. The van der Waals surface area contributed by atoms with Gasteiger partial charge in [-0.15, -0.1) is 0 Å². The Kier molecular flexibility index (Phi) is 3.30. The van der Waals surface area contributed by atoms with E-state index < -0.39 is 0 Å². The van der Waals surface area contributed by atoms with E-state index in [0.717, 1.165) is 49.1 Å². The van der Waals surface area contributed by atoms with Crippen molar-refractivity contribution in [3.63, 3.8) is 0 Å². The number of aliphatic hydroxyl groups excluding tert-OH is 1. The maximum Gasteiger partial charge on any atom is 0.121 e. The van der Waals surface area contributed by atoms with E-state index in [2.05, 4.69) is 15.3 Å². The summed E-state index contributed by atoms with van der Waals surface area (Å²) in [4.78, 5) is 7.85. The first kappa shape index (κ1) is 11.7. The number of nitrogens with one attached hydrogen (secondary N) is 2. The van der Waals surface area contributed by atoms with Crippen molar-refractivity contribution in [2.45, 2.75) is 44.4 Å². The highest BCUT2D eigenvalue weighted by Crippen LogP contribution is 2.18. The fourth-order valence-electron chi connectivity index (χ4n) is 2.68. The number of rotatable bonds is 3. The minimum Gasteiger partial charge on any atom is -0.393 e. The molecule has 1 aliphatic rings. The third-order valence-electron chi connectivity index (χ3n) is 3.64. The lowest BCUT2D eigenvalue weighted by molar-refractivity contribution is 0.111. The molecular weight excluding hydrogens is 226 g/mol. The van der Waals surface area contributed by atoms with Crippen LogP contribution in [0.4, 0.5) is 0 Å². The van der Waals surface area contributed by atoms with E-state index in [4.69, 9.17) is 0 Å². The predicted molar refractivity (Wildman–Crippen MR) is 71.2 cm³/mol. The van der Waals surface area contributed by atoms with Gasteiger partial charge in [-0.2, -0.15) is 0 Å². The zero-order valence-electron chi connectivity index (χ0n) is 10.4. The summed E-state index contributed by atoms with van der Waals surface area (Å²) in [5.74, 6) is 0.969. The standard InChI is InChI=1S/C14H19N3O/c18-11-5-3-4-10(8-11)15-9-14-16-12-6-1-2-7-13(12)17-14/h1-2,6-7,10-11,15,18H,3-5,8-9H2,(H,16,17)/t10-,11-/m1/s1. The van der Waals surface area contributed by atoms with E-state index in [1.54, 1.807) is 0 Å². The Morgan fingerprint density at radius 1 is 1.33 bits per heavy atom. The van der Waals surface area contributed by atoms with E-state index in [0.29, 0.717) is 6.04 Å². The molecule has 4 heteroatoms. The van der Waals surface area contributed by atoms with Crippen LogP contribution in [0.15, 0.2) is 24.3 Å². The molecule has 0 bridgehead atoms. The number of imidazole rings is 1. The van der Waals surface area contributed by atoms with Crippen molar-refractivity contribution in [3.8, 4) is 0 Å². The van der Waals surface area contributed by atoms with Crippen molar-refractivity contribution >= 4 is 11.0 Å². The normalized spacial score (nSPS) is 24.5. The molecule has 0 unspecified atom stereocenters. The van der Waals surface area contributed by atoms with Gasteiger partial charge in [0.05, 0.1) is 23.7 Å². The average Bonchev–Trinajstić information content (AvgIpc) is 2.79. The quantitative estimate of drug-likeness (QED) is 0.774. The fraction of sp³-hybridized carbons (Fsp3) is 0.500. The molecule has 2 aromatic rings. The summed E-state index contributed by atoms with van der Waals surface area (Å²) < 4.78 is 0. The molecule has 1 aliphatic carbocycles. The average molecular weight is 245 g/mol. The molecule has 3 rings (SSSR count). The lowest BCUT2D eigenvalue weighted by Gasteiger charge is -2.26. The highest BCUT2D eigenvalue weighted by atomic mass is 16.3. The van der Waals surface area contributed by atoms with Crippen molar-refractivity contribution in [1.29, 1.82) is 0 Å². The Hall–Kier alpha value is -1.39. The zero-order chi connectivity index (χ0) is 12.4. The van der Waals surface area contributed by atoms with Crippen LogP contribution in [0.3, 0.4) is 0 Å². The Morgan fingerprint density at radius 3 is 3.06 bits per heavy atom. The Bertz CT molecular complexity index is 489. The highest BCUT2D eigenvalue weighted by Gasteiger charge is 2.19. The molecule has 1 aromatic heterocycles. The number of para-hydroxylation sites is 2. The van der Waals surface area contributed by atoms with Gasteiger partial charge in [0.25, 0.3) is 0 Å². The Morgan fingerprint density at radius 2 is 2.22 bits per heavy atom. The van der Waals surface area contributed by atoms with Gasteiger partial charge in [-0.05, 0) is 37.8 Å². The van der Waals surface area contributed by atoms with Crippen LogP contribution in [0, 0.1) is 0 Å². The van der Waals surface area contributed by atoms with Gasteiger partial charge in [0, 0.05) is 6.04 Å². The number of hydrogen-bond acceptors (Lipinski definition) is 3. The lowest BCUT2D eigenvalue weighted by atomic mass is 9.93. The van der Waals surface area contributed by atoms with Gasteiger partial charge in [0.15, 0.2) is 0 Å². The van der Waals surface area contributed by atoms with E-state index in [1.165, 1.54) is 0 Å². The van der Waals surface area contributed by atoms with Crippen LogP contribution in [-0.4, -0.2) is 27.2 Å². The van der Waals surface area contributed by atoms with Crippen molar-refractivity contribution in [2.24, 2.45) is 0 Å². The SMILES string of the molecule is O[C@@H]1CCC[C@@H](NCc2nc3ccccc3[nH]2)C1. The molecule has 0 aliphatic heterocycles. The van der Waals surface area contributed by atoms with Crippen LogP contribution in [0.1, 0.15) is 31.5 Å².